The fraction of sp³-hybridized carbons (Fsp3) is 0. The predicted octanol–water partition coefficient (Wildman–Crippen LogP) is 3.81. The van der Waals surface area contributed by atoms with E-state index in [2.05, 4.69) is 0 Å². The van der Waals surface area contributed by atoms with Crippen molar-refractivity contribution in [1.82, 2.24) is 0 Å². The highest BCUT2D eigenvalue weighted by atomic mass is 32.2. The van der Waals surface area contributed by atoms with E-state index in [1.165, 1.54) is 47.4 Å². The Labute approximate surface area is 161 Å². The van der Waals surface area contributed by atoms with Gasteiger partial charge in [-0.15, -0.1) is 4.57 Å². The predicted molar refractivity (Wildman–Crippen MR) is 101 cm³/mol. The number of nitro benzene ring substituents is 1. The van der Waals surface area contributed by atoms with Crippen molar-refractivity contribution in [3.63, 3.8) is 0 Å². The van der Waals surface area contributed by atoms with Gasteiger partial charge in [0.1, 0.15) is 4.91 Å². The van der Waals surface area contributed by atoms with Crippen molar-refractivity contribution in [3.8, 4) is 22.8 Å². The largest absolute Gasteiger partial charge is 0.504 e. The molecule has 1 aromatic heterocycles. The number of thioether (sulfide) groups is 1. The molecule has 27 heavy (non-hydrogen) atoms. The Hall–Kier alpha value is -3.17. The lowest BCUT2D eigenvalue weighted by Crippen LogP contribution is -2.40. The number of nitrogens with zero attached hydrogens (tertiary/aromatic N) is 2. The van der Waals surface area contributed by atoms with E-state index in [0.717, 1.165) is 4.34 Å². The van der Waals surface area contributed by atoms with Gasteiger partial charge < -0.3 is 10.2 Å². The fourth-order valence-corrected chi connectivity index (χ4v) is 4.82. The number of benzene rings is 2. The van der Waals surface area contributed by atoms with Crippen LogP contribution in [-0.4, -0.2) is 21.0 Å². The third kappa shape index (κ3) is 3.07. The maximum Gasteiger partial charge on any atom is 0.433 e. The Kier molecular flexibility index (Phi) is 4.17. The van der Waals surface area contributed by atoms with E-state index in [9.17, 15) is 25.1 Å². The Balaban J connectivity index is 1.68. The number of thiazole rings is 1. The SMILES string of the molecule is O=C1/C(=C/c2ccc([N+](=O)[O-])cc2)Sc2scc(-c3ccc(O)c(O)c3)[n+]21. The van der Waals surface area contributed by atoms with E-state index in [1.54, 1.807) is 28.8 Å². The van der Waals surface area contributed by atoms with Crippen LogP contribution in [-0.2, 0) is 0 Å². The number of carbonyl (C=O) groups excluding carboxylic acids is 1. The second-order valence-corrected chi connectivity index (χ2v) is 7.84. The van der Waals surface area contributed by atoms with Crippen LogP contribution >= 0.6 is 23.1 Å². The van der Waals surface area contributed by atoms with Crippen molar-refractivity contribution in [2.75, 3.05) is 0 Å². The smallest absolute Gasteiger partial charge is 0.433 e. The average Bonchev–Trinajstić information content (AvgIpc) is 3.19. The Morgan fingerprint density at radius 1 is 1.07 bits per heavy atom. The molecular formula is C18H11N2O5S2+. The standard InChI is InChI=1S/C18H10N2O5S2/c21-14-6-3-11(8-15(14)22)13-9-26-18-19(13)17(23)16(27-18)7-10-1-4-12(5-2-10)20(24)25/h1-9H,(H-,21,22)/p+1/b16-7-. The molecule has 0 amide bonds. The molecule has 2 N–H and O–H groups in total. The summed E-state index contributed by atoms with van der Waals surface area (Å²) in [7, 11) is 0. The molecule has 0 spiro atoms. The monoisotopic (exact) mass is 399 g/mol. The molecule has 4 rings (SSSR count). The van der Waals surface area contributed by atoms with Crippen LogP contribution in [0.2, 0.25) is 0 Å². The van der Waals surface area contributed by atoms with Gasteiger partial charge >= 0.3 is 10.2 Å². The first-order valence-corrected chi connectivity index (χ1v) is 9.38. The Morgan fingerprint density at radius 3 is 2.48 bits per heavy atom. The molecule has 0 radical (unpaired) electrons. The summed E-state index contributed by atoms with van der Waals surface area (Å²) < 4.78 is 2.33. The number of non-ortho nitro benzene ring substituents is 1. The summed E-state index contributed by atoms with van der Waals surface area (Å²) in [5.41, 5.74) is 1.91. The van der Waals surface area contributed by atoms with Gasteiger partial charge in [-0.25, -0.2) is 4.79 Å². The number of aromatic nitrogens is 1. The summed E-state index contributed by atoms with van der Waals surface area (Å²) in [6, 6.07) is 10.4. The van der Waals surface area contributed by atoms with Crippen LogP contribution in [0.4, 0.5) is 5.69 Å². The van der Waals surface area contributed by atoms with E-state index >= 15 is 0 Å². The number of hydrogen-bond donors (Lipinski definition) is 2. The van der Waals surface area contributed by atoms with Gasteiger partial charge in [-0.1, -0.05) is 11.3 Å². The minimum atomic E-state index is -0.473. The number of allylic oxidation sites excluding steroid dienone is 1. The molecule has 2 aromatic carbocycles. The highest BCUT2D eigenvalue weighted by Crippen LogP contribution is 2.39. The van der Waals surface area contributed by atoms with E-state index in [4.69, 9.17) is 0 Å². The molecule has 0 bridgehead atoms. The summed E-state index contributed by atoms with van der Waals surface area (Å²) in [6.45, 7) is 0. The molecule has 1 aliphatic heterocycles. The highest BCUT2D eigenvalue weighted by Gasteiger charge is 2.40. The van der Waals surface area contributed by atoms with Crippen LogP contribution in [0.25, 0.3) is 17.3 Å². The Bertz CT molecular complexity index is 1120. The van der Waals surface area contributed by atoms with Crippen LogP contribution in [0, 0.1) is 10.1 Å². The van der Waals surface area contributed by atoms with E-state index in [1.807, 2.05) is 5.38 Å². The topological polar surface area (TPSA) is 105 Å². The molecule has 0 atom stereocenters. The van der Waals surface area contributed by atoms with Crippen LogP contribution in [0.3, 0.4) is 0 Å². The number of carbonyl (C=O) groups is 1. The second kappa shape index (κ2) is 6.53. The number of aromatic hydroxyl groups is 2. The molecule has 0 saturated carbocycles. The van der Waals surface area contributed by atoms with Crippen LogP contribution in [0.1, 0.15) is 10.4 Å². The first-order valence-electron chi connectivity index (χ1n) is 7.68. The lowest BCUT2D eigenvalue weighted by Gasteiger charge is -1.99. The number of phenols is 2. The van der Waals surface area contributed by atoms with Crippen LogP contribution < -0.4 is 4.57 Å². The molecule has 0 fully saturated rings. The van der Waals surface area contributed by atoms with Gasteiger partial charge in [-0.05, 0) is 42.0 Å². The molecule has 7 nitrogen and oxygen atoms in total. The quantitative estimate of drug-likeness (QED) is 0.228. The maximum absolute atomic E-state index is 12.8. The number of hydrogen-bond acceptors (Lipinski definition) is 7. The lowest BCUT2D eigenvalue weighted by molar-refractivity contribution is -0.588. The molecular weight excluding hydrogens is 388 g/mol. The van der Waals surface area contributed by atoms with E-state index in [0.29, 0.717) is 21.7 Å². The molecule has 3 aromatic rings. The lowest BCUT2D eigenvalue weighted by atomic mass is 10.1. The van der Waals surface area contributed by atoms with E-state index in [-0.39, 0.29) is 23.1 Å². The third-order valence-corrected chi connectivity index (χ3v) is 6.11. The zero-order valence-electron chi connectivity index (χ0n) is 13.5. The van der Waals surface area contributed by atoms with Gasteiger partial charge in [-0.3, -0.25) is 10.1 Å². The summed E-state index contributed by atoms with van der Waals surface area (Å²) in [5.74, 6) is -0.694. The third-order valence-electron chi connectivity index (χ3n) is 3.98. The minimum absolute atomic E-state index is 0.00883. The van der Waals surface area contributed by atoms with Crippen molar-refractivity contribution in [2.45, 2.75) is 4.34 Å². The molecule has 0 saturated heterocycles. The minimum Gasteiger partial charge on any atom is -0.504 e. The van der Waals surface area contributed by atoms with Crippen LogP contribution in [0.15, 0.2) is 57.1 Å². The Morgan fingerprint density at radius 2 is 1.81 bits per heavy atom. The van der Waals surface area contributed by atoms with Crippen molar-refractivity contribution < 1.29 is 24.5 Å². The summed E-state index contributed by atoms with van der Waals surface area (Å²) >= 11 is 2.72. The zero-order chi connectivity index (χ0) is 19.1. The van der Waals surface area contributed by atoms with Crippen molar-refractivity contribution in [3.05, 3.63) is 68.4 Å². The fourth-order valence-electron chi connectivity index (χ4n) is 2.63. The molecule has 0 aliphatic carbocycles. The van der Waals surface area contributed by atoms with E-state index < -0.39 is 4.92 Å². The van der Waals surface area contributed by atoms with Crippen molar-refractivity contribution >= 4 is 40.8 Å². The number of nitro groups is 1. The van der Waals surface area contributed by atoms with Gasteiger partial charge in [-0.2, -0.15) is 0 Å². The molecule has 9 heteroatoms. The molecule has 134 valence electrons. The maximum atomic E-state index is 12.8. The average molecular weight is 399 g/mol. The zero-order valence-corrected chi connectivity index (χ0v) is 15.2. The van der Waals surface area contributed by atoms with Crippen molar-refractivity contribution in [2.24, 2.45) is 0 Å². The van der Waals surface area contributed by atoms with Gasteiger partial charge in [0.05, 0.1) is 15.9 Å². The summed E-state index contributed by atoms with van der Waals surface area (Å²) in [5, 5.41) is 31.7. The van der Waals surface area contributed by atoms with Crippen molar-refractivity contribution in [1.29, 1.82) is 0 Å². The highest BCUT2D eigenvalue weighted by molar-refractivity contribution is 8.05. The first-order chi connectivity index (χ1) is 12.9. The molecule has 1 aliphatic rings. The normalized spacial score (nSPS) is 14.5. The number of fused-ring (bicyclic) bond motifs is 1. The number of rotatable bonds is 3. The van der Waals surface area contributed by atoms with Gasteiger partial charge in [0, 0.05) is 23.9 Å². The summed E-state index contributed by atoms with van der Waals surface area (Å²) in [6.07, 6.45) is 1.69. The first kappa shape index (κ1) is 17.3. The number of phenolic OH excluding ortho intramolecular Hbond substituents is 2. The van der Waals surface area contributed by atoms with Gasteiger partial charge in [0.15, 0.2) is 11.5 Å². The van der Waals surface area contributed by atoms with Gasteiger partial charge in [0.2, 0.25) is 5.69 Å². The van der Waals surface area contributed by atoms with Gasteiger partial charge in [0.25, 0.3) is 5.69 Å². The van der Waals surface area contributed by atoms with Crippen LogP contribution in [0.5, 0.6) is 11.5 Å². The molecule has 2 heterocycles. The second-order valence-electron chi connectivity index (χ2n) is 5.69. The summed E-state index contributed by atoms with van der Waals surface area (Å²) in [4.78, 5) is 23.6. The molecule has 0 unspecified atom stereocenters.